The first-order valence-corrected chi connectivity index (χ1v) is 6.57. The number of rotatable bonds is 4. The Bertz CT molecular complexity index is 405. The van der Waals surface area contributed by atoms with E-state index in [0.717, 1.165) is 17.7 Å². The van der Waals surface area contributed by atoms with Crippen molar-refractivity contribution >= 4 is 11.3 Å². The van der Waals surface area contributed by atoms with Gasteiger partial charge in [-0.1, -0.05) is 0 Å². The molecule has 0 bridgehead atoms. The van der Waals surface area contributed by atoms with E-state index in [4.69, 9.17) is 10.00 Å². The topological polar surface area (TPSA) is 65.3 Å². The number of ether oxygens (including phenoxy) is 1. The van der Waals surface area contributed by atoms with Crippen LogP contribution in [0.1, 0.15) is 23.3 Å². The SMILES string of the molecule is N#Cc1csc(CNC2(CO)CCOCC2)c1. The number of hydrogen-bond acceptors (Lipinski definition) is 5. The number of aliphatic hydroxyl groups is 1. The Morgan fingerprint density at radius 2 is 2.29 bits per heavy atom. The molecule has 4 nitrogen and oxygen atoms in total. The maximum absolute atomic E-state index is 9.50. The molecule has 2 N–H and O–H groups in total. The molecule has 1 aliphatic rings. The molecular formula is C12H16N2O2S. The molecule has 0 aliphatic carbocycles. The molecule has 92 valence electrons. The monoisotopic (exact) mass is 252 g/mol. The summed E-state index contributed by atoms with van der Waals surface area (Å²) in [6.45, 7) is 2.22. The van der Waals surface area contributed by atoms with Crippen LogP contribution in [0.4, 0.5) is 0 Å². The Kier molecular flexibility index (Phi) is 4.13. The van der Waals surface area contributed by atoms with E-state index in [1.807, 2.05) is 11.4 Å². The van der Waals surface area contributed by atoms with Crippen molar-refractivity contribution in [2.45, 2.75) is 24.9 Å². The molecular weight excluding hydrogens is 236 g/mol. The number of hydrogen-bond donors (Lipinski definition) is 2. The fourth-order valence-corrected chi connectivity index (χ4v) is 2.71. The molecule has 1 aromatic rings. The molecule has 0 unspecified atom stereocenters. The second-order valence-electron chi connectivity index (χ2n) is 4.32. The Hall–Kier alpha value is -0.930. The van der Waals surface area contributed by atoms with Gasteiger partial charge in [-0.05, 0) is 18.9 Å². The van der Waals surface area contributed by atoms with Crippen LogP contribution in [0, 0.1) is 11.3 Å². The number of nitriles is 1. The normalized spacial score (nSPS) is 18.8. The molecule has 5 heteroatoms. The Morgan fingerprint density at radius 1 is 1.53 bits per heavy atom. The summed E-state index contributed by atoms with van der Waals surface area (Å²) in [6.07, 6.45) is 1.67. The van der Waals surface area contributed by atoms with Crippen molar-refractivity contribution in [2.75, 3.05) is 19.8 Å². The molecule has 0 amide bonds. The number of aliphatic hydroxyl groups excluding tert-OH is 1. The molecule has 2 rings (SSSR count). The van der Waals surface area contributed by atoms with Gasteiger partial charge in [0, 0.05) is 35.6 Å². The summed E-state index contributed by atoms with van der Waals surface area (Å²) in [7, 11) is 0. The quantitative estimate of drug-likeness (QED) is 0.846. The van der Waals surface area contributed by atoms with Crippen molar-refractivity contribution in [1.29, 1.82) is 5.26 Å². The van der Waals surface area contributed by atoms with Crippen molar-refractivity contribution in [3.05, 3.63) is 21.9 Å². The summed E-state index contributed by atoms with van der Waals surface area (Å²) in [5, 5.41) is 23.5. The largest absolute Gasteiger partial charge is 0.394 e. The summed E-state index contributed by atoms with van der Waals surface area (Å²) in [6, 6.07) is 4.01. The fraction of sp³-hybridized carbons (Fsp3) is 0.583. The highest BCUT2D eigenvalue weighted by Gasteiger charge is 2.31. The highest BCUT2D eigenvalue weighted by atomic mass is 32.1. The van der Waals surface area contributed by atoms with E-state index in [1.54, 1.807) is 11.3 Å². The molecule has 1 aromatic heterocycles. The minimum Gasteiger partial charge on any atom is -0.394 e. The van der Waals surface area contributed by atoms with E-state index in [9.17, 15) is 5.11 Å². The number of nitrogens with one attached hydrogen (secondary N) is 1. The summed E-state index contributed by atoms with van der Waals surface area (Å²) in [5.74, 6) is 0. The Morgan fingerprint density at radius 3 is 2.88 bits per heavy atom. The maximum atomic E-state index is 9.50. The molecule has 0 radical (unpaired) electrons. The van der Waals surface area contributed by atoms with Crippen LogP contribution in [-0.4, -0.2) is 30.5 Å². The first-order valence-electron chi connectivity index (χ1n) is 5.69. The van der Waals surface area contributed by atoms with Crippen molar-refractivity contribution < 1.29 is 9.84 Å². The summed E-state index contributed by atoms with van der Waals surface area (Å²) < 4.78 is 5.31. The van der Waals surface area contributed by atoms with Crippen LogP contribution in [0.2, 0.25) is 0 Å². The zero-order valence-electron chi connectivity index (χ0n) is 9.61. The third-order valence-electron chi connectivity index (χ3n) is 3.17. The van der Waals surface area contributed by atoms with E-state index in [2.05, 4.69) is 11.4 Å². The highest BCUT2D eigenvalue weighted by molar-refractivity contribution is 7.10. The average Bonchev–Trinajstić information content (AvgIpc) is 2.85. The molecule has 17 heavy (non-hydrogen) atoms. The van der Waals surface area contributed by atoms with Gasteiger partial charge in [0.05, 0.1) is 12.2 Å². The van der Waals surface area contributed by atoms with Crippen molar-refractivity contribution in [1.82, 2.24) is 5.32 Å². The third kappa shape index (κ3) is 3.05. The predicted octanol–water partition coefficient (Wildman–Crippen LogP) is 1.25. The highest BCUT2D eigenvalue weighted by Crippen LogP contribution is 2.22. The van der Waals surface area contributed by atoms with E-state index in [0.29, 0.717) is 25.3 Å². The van der Waals surface area contributed by atoms with Gasteiger partial charge in [0.2, 0.25) is 0 Å². The van der Waals surface area contributed by atoms with Gasteiger partial charge in [0.25, 0.3) is 0 Å². The molecule has 0 spiro atoms. The van der Waals surface area contributed by atoms with Gasteiger partial charge in [-0.15, -0.1) is 11.3 Å². The van der Waals surface area contributed by atoms with Crippen LogP contribution in [0.3, 0.4) is 0 Å². The van der Waals surface area contributed by atoms with E-state index in [1.165, 1.54) is 0 Å². The lowest BCUT2D eigenvalue weighted by Crippen LogP contribution is -2.51. The van der Waals surface area contributed by atoms with E-state index < -0.39 is 0 Å². The van der Waals surface area contributed by atoms with E-state index >= 15 is 0 Å². The van der Waals surface area contributed by atoms with Crippen LogP contribution >= 0.6 is 11.3 Å². The van der Waals surface area contributed by atoms with Crippen LogP contribution in [0.5, 0.6) is 0 Å². The van der Waals surface area contributed by atoms with Crippen molar-refractivity contribution in [2.24, 2.45) is 0 Å². The van der Waals surface area contributed by atoms with Crippen LogP contribution in [0.25, 0.3) is 0 Å². The Labute approximate surface area is 105 Å². The number of nitrogens with zero attached hydrogens (tertiary/aromatic N) is 1. The van der Waals surface area contributed by atoms with Crippen LogP contribution < -0.4 is 5.32 Å². The lowest BCUT2D eigenvalue weighted by atomic mass is 9.91. The molecule has 2 heterocycles. The summed E-state index contributed by atoms with van der Waals surface area (Å²) in [5.41, 5.74) is 0.492. The summed E-state index contributed by atoms with van der Waals surface area (Å²) in [4.78, 5) is 1.13. The number of thiophene rings is 1. The van der Waals surface area contributed by atoms with Crippen LogP contribution in [0.15, 0.2) is 11.4 Å². The van der Waals surface area contributed by atoms with Crippen molar-refractivity contribution in [3.8, 4) is 6.07 Å². The molecule has 0 atom stereocenters. The minimum absolute atomic E-state index is 0.132. The minimum atomic E-state index is -0.213. The van der Waals surface area contributed by atoms with Gasteiger partial charge in [-0.2, -0.15) is 5.26 Å². The second kappa shape index (κ2) is 5.61. The smallest absolute Gasteiger partial charge is 0.100 e. The van der Waals surface area contributed by atoms with Gasteiger partial charge in [0.1, 0.15) is 6.07 Å². The first-order chi connectivity index (χ1) is 8.28. The van der Waals surface area contributed by atoms with Crippen molar-refractivity contribution in [3.63, 3.8) is 0 Å². The lowest BCUT2D eigenvalue weighted by Gasteiger charge is -2.36. The Balaban J connectivity index is 1.93. The molecule has 0 aromatic carbocycles. The molecule has 1 saturated heterocycles. The van der Waals surface area contributed by atoms with Crippen LogP contribution in [-0.2, 0) is 11.3 Å². The summed E-state index contributed by atoms with van der Waals surface area (Å²) >= 11 is 1.57. The van der Waals surface area contributed by atoms with Gasteiger partial charge in [0.15, 0.2) is 0 Å². The van der Waals surface area contributed by atoms with Gasteiger partial charge >= 0.3 is 0 Å². The van der Waals surface area contributed by atoms with Gasteiger partial charge in [-0.3, -0.25) is 0 Å². The molecule has 0 saturated carbocycles. The standard InChI is InChI=1S/C12H16N2O2S/c13-6-10-5-11(17-8-10)7-14-12(9-15)1-3-16-4-2-12/h5,8,14-15H,1-4,7,9H2. The van der Waals surface area contributed by atoms with Gasteiger partial charge < -0.3 is 15.2 Å². The first kappa shape index (κ1) is 12.5. The fourth-order valence-electron chi connectivity index (χ4n) is 1.96. The van der Waals surface area contributed by atoms with Gasteiger partial charge in [-0.25, -0.2) is 0 Å². The maximum Gasteiger partial charge on any atom is 0.100 e. The zero-order valence-corrected chi connectivity index (χ0v) is 10.4. The van der Waals surface area contributed by atoms with E-state index in [-0.39, 0.29) is 12.1 Å². The average molecular weight is 252 g/mol. The predicted molar refractivity (Wildman–Crippen MR) is 65.7 cm³/mol. The lowest BCUT2D eigenvalue weighted by molar-refractivity contribution is 0.0113. The molecule has 1 aliphatic heterocycles. The zero-order chi connectivity index (χ0) is 12.1. The molecule has 1 fully saturated rings. The second-order valence-corrected chi connectivity index (χ2v) is 5.31. The third-order valence-corrected chi connectivity index (χ3v) is 4.11.